The van der Waals surface area contributed by atoms with Crippen molar-refractivity contribution in [3.8, 4) is 5.75 Å². The van der Waals surface area contributed by atoms with Crippen LogP contribution in [0.25, 0.3) is 0 Å². The lowest BCUT2D eigenvalue weighted by Gasteiger charge is -2.19. The van der Waals surface area contributed by atoms with Gasteiger partial charge in [-0.1, -0.05) is 0 Å². The fourth-order valence-electron chi connectivity index (χ4n) is 3.26. The van der Waals surface area contributed by atoms with Gasteiger partial charge in [0.05, 0.1) is 18.5 Å². The van der Waals surface area contributed by atoms with Gasteiger partial charge in [0, 0.05) is 25.3 Å². The minimum atomic E-state index is -3.54. The predicted molar refractivity (Wildman–Crippen MR) is 96.6 cm³/mol. The van der Waals surface area contributed by atoms with Gasteiger partial charge < -0.3 is 9.64 Å². The van der Waals surface area contributed by atoms with Crippen LogP contribution < -0.4 is 14.4 Å². The van der Waals surface area contributed by atoms with Crippen LogP contribution in [0.1, 0.15) is 17.8 Å². The third-order valence-electron chi connectivity index (χ3n) is 4.61. The van der Waals surface area contributed by atoms with Gasteiger partial charge in [-0.05, 0) is 50.5 Å². The van der Waals surface area contributed by atoms with Crippen LogP contribution >= 0.6 is 0 Å². The maximum Gasteiger partial charge on any atom is 0.244 e. The molecule has 0 saturated carbocycles. The average Bonchev–Trinajstić information content (AvgIpc) is 3.20. The second-order valence-corrected chi connectivity index (χ2v) is 8.12. The van der Waals surface area contributed by atoms with E-state index in [1.165, 1.54) is 0 Å². The first-order valence-corrected chi connectivity index (χ1v) is 9.79. The number of aromatic nitrogens is 2. The molecule has 3 rings (SSSR count). The van der Waals surface area contributed by atoms with Crippen molar-refractivity contribution in [3.05, 3.63) is 35.7 Å². The van der Waals surface area contributed by atoms with E-state index in [1.54, 1.807) is 21.0 Å². The van der Waals surface area contributed by atoms with Gasteiger partial charge in [-0.3, -0.25) is 5.10 Å². The van der Waals surface area contributed by atoms with E-state index < -0.39 is 10.0 Å². The first-order chi connectivity index (χ1) is 11.9. The van der Waals surface area contributed by atoms with Crippen LogP contribution in [0.15, 0.2) is 29.2 Å². The second-order valence-electron chi connectivity index (χ2n) is 6.41. The van der Waals surface area contributed by atoms with Crippen molar-refractivity contribution in [2.75, 3.05) is 31.6 Å². The largest absolute Gasteiger partial charge is 0.497 e. The Kier molecular flexibility index (Phi) is 5.01. The van der Waals surface area contributed by atoms with Gasteiger partial charge in [0.2, 0.25) is 10.0 Å². The second kappa shape index (κ2) is 7.05. The topological polar surface area (TPSA) is 87.3 Å². The summed E-state index contributed by atoms with van der Waals surface area (Å²) in [5.41, 5.74) is 2.19. The molecule has 1 atom stereocenters. The summed E-state index contributed by atoms with van der Waals surface area (Å²) in [6, 6.07) is 7.94. The normalized spacial score (nSPS) is 17.9. The zero-order chi connectivity index (χ0) is 18.0. The molecule has 0 aliphatic carbocycles. The Balaban J connectivity index is 1.60. The Labute approximate surface area is 148 Å². The quantitative estimate of drug-likeness (QED) is 0.817. The van der Waals surface area contributed by atoms with Gasteiger partial charge in [-0.15, -0.1) is 0 Å². The van der Waals surface area contributed by atoms with Crippen molar-refractivity contribution in [1.82, 2.24) is 14.9 Å². The summed E-state index contributed by atoms with van der Waals surface area (Å²) in [5.74, 6) is 1.11. The monoisotopic (exact) mass is 364 g/mol. The summed E-state index contributed by atoms with van der Waals surface area (Å²) in [5, 5.41) is 6.69. The van der Waals surface area contributed by atoms with E-state index in [0.29, 0.717) is 17.9 Å². The van der Waals surface area contributed by atoms with Crippen molar-refractivity contribution in [1.29, 1.82) is 0 Å². The van der Waals surface area contributed by atoms with Crippen LogP contribution in [-0.2, 0) is 10.0 Å². The molecule has 0 amide bonds. The van der Waals surface area contributed by atoms with Crippen molar-refractivity contribution < 1.29 is 13.2 Å². The van der Waals surface area contributed by atoms with Crippen LogP contribution in [-0.4, -0.2) is 45.4 Å². The van der Waals surface area contributed by atoms with Crippen LogP contribution in [0, 0.1) is 19.8 Å². The number of nitrogens with zero attached hydrogens (tertiary/aromatic N) is 2. The number of ether oxygens (including phenoxy) is 1. The molecule has 1 aliphatic rings. The number of benzene rings is 1. The summed E-state index contributed by atoms with van der Waals surface area (Å²) < 4.78 is 33.0. The molecule has 1 unspecified atom stereocenters. The molecular weight excluding hydrogens is 340 g/mol. The van der Waals surface area contributed by atoms with E-state index >= 15 is 0 Å². The molecular formula is C17H24N4O3S. The van der Waals surface area contributed by atoms with E-state index in [1.807, 2.05) is 24.3 Å². The standard InChI is InChI=1S/C17H24N4O3S/c1-12-17(13(2)20-19-12)25(22,23)18-10-14-8-9-21(11-14)15-4-6-16(24-3)7-5-15/h4-7,14,18H,8-11H2,1-3H3,(H,19,20). The van der Waals surface area contributed by atoms with Gasteiger partial charge >= 0.3 is 0 Å². The van der Waals surface area contributed by atoms with Crippen LogP contribution in [0.3, 0.4) is 0 Å². The zero-order valence-corrected chi connectivity index (χ0v) is 15.6. The number of methoxy groups -OCH3 is 1. The molecule has 1 fully saturated rings. The predicted octanol–water partition coefficient (Wildman–Crippen LogP) is 1.84. The molecule has 0 spiro atoms. The Morgan fingerprint density at radius 2 is 2.04 bits per heavy atom. The van der Waals surface area contributed by atoms with E-state index in [0.717, 1.165) is 30.9 Å². The van der Waals surface area contributed by atoms with Crippen molar-refractivity contribution in [2.24, 2.45) is 5.92 Å². The van der Waals surface area contributed by atoms with Gasteiger partial charge in [-0.25, -0.2) is 13.1 Å². The average molecular weight is 364 g/mol. The lowest BCUT2D eigenvalue weighted by Crippen LogP contribution is -2.31. The van der Waals surface area contributed by atoms with Gasteiger partial charge in [-0.2, -0.15) is 5.10 Å². The first-order valence-electron chi connectivity index (χ1n) is 8.31. The minimum Gasteiger partial charge on any atom is -0.497 e. The Morgan fingerprint density at radius 1 is 1.32 bits per heavy atom. The third kappa shape index (κ3) is 3.80. The van der Waals surface area contributed by atoms with Gasteiger partial charge in [0.25, 0.3) is 0 Å². The van der Waals surface area contributed by atoms with E-state index in [4.69, 9.17) is 4.74 Å². The van der Waals surface area contributed by atoms with Crippen molar-refractivity contribution in [2.45, 2.75) is 25.2 Å². The fourth-order valence-corrected chi connectivity index (χ4v) is 4.75. The summed E-state index contributed by atoms with van der Waals surface area (Å²) in [4.78, 5) is 2.53. The molecule has 2 aromatic rings. The number of aromatic amines is 1. The number of sulfonamides is 1. The highest BCUT2D eigenvalue weighted by atomic mass is 32.2. The van der Waals surface area contributed by atoms with E-state index in [9.17, 15) is 8.42 Å². The molecule has 1 aromatic carbocycles. The third-order valence-corrected chi connectivity index (χ3v) is 6.30. The zero-order valence-electron chi connectivity index (χ0n) is 14.7. The fraction of sp³-hybridized carbons (Fsp3) is 0.471. The van der Waals surface area contributed by atoms with E-state index in [2.05, 4.69) is 19.8 Å². The Hall–Kier alpha value is -2.06. The number of nitrogens with one attached hydrogen (secondary N) is 2. The lowest BCUT2D eigenvalue weighted by atomic mass is 10.1. The van der Waals surface area contributed by atoms with Crippen LogP contribution in [0.2, 0.25) is 0 Å². The molecule has 2 N–H and O–H groups in total. The maximum absolute atomic E-state index is 12.5. The molecule has 2 heterocycles. The highest BCUT2D eigenvalue weighted by molar-refractivity contribution is 7.89. The molecule has 7 nitrogen and oxygen atoms in total. The SMILES string of the molecule is COc1ccc(N2CCC(CNS(=O)(=O)c3c(C)n[nH]c3C)C2)cc1. The van der Waals surface area contributed by atoms with Gasteiger partial charge in [0.1, 0.15) is 10.6 Å². The van der Waals surface area contributed by atoms with Gasteiger partial charge in [0.15, 0.2) is 0 Å². The summed E-state index contributed by atoms with van der Waals surface area (Å²) in [6.07, 6.45) is 0.956. The number of H-pyrrole nitrogens is 1. The van der Waals surface area contributed by atoms with Crippen LogP contribution in [0.5, 0.6) is 5.75 Å². The molecule has 136 valence electrons. The lowest BCUT2D eigenvalue weighted by molar-refractivity contribution is 0.415. The maximum atomic E-state index is 12.5. The molecule has 0 radical (unpaired) electrons. The number of hydrogen-bond donors (Lipinski definition) is 2. The molecule has 8 heteroatoms. The number of aryl methyl sites for hydroxylation is 2. The molecule has 1 aromatic heterocycles. The smallest absolute Gasteiger partial charge is 0.244 e. The van der Waals surface area contributed by atoms with Crippen molar-refractivity contribution >= 4 is 15.7 Å². The van der Waals surface area contributed by atoms with Crippen molar-refractivity contribution in [3.63, 3.8) is 0 Å². The molecule has 0 bridgehead atoms. The number of anilines is 1. The minimum absolute atomic E-state index is 0.262. The first kappa shape index (κ1) is 17.8. The molecule has 25 heavy (non-hydrogen) atoms. The molecule has 1 saturated heterocycles. The van der Waals surface area contributed by atoms with E-state index in [-0.39, 0.29) is 10.8 Å². The Morgan fingerprint density at radius 3 is 2.64 bits per heavy atom. The Bertz CT molecular complexity index is 811. The summed E-state index contributed by atoms with van der Waals surface area (Å²) >= 11 is 0. The number of hydrogen-bond acceptors (Lipinski definition) is 5. The highest BCUT2D eigenvalue weighted by Gasteiger charge is 2.27. The number of rotatable bonds is 6. The highest BCUT2D eigenvalue weighted by Crippen LogP contribution is 2.26. The van der Waals surface area contributed by atoms with Crippen LogP contribution in [0.4, 0.5) is 5.69 Å². The molecule has 1 aliphatic heterocycles. The summed E-state index contributed by atoms with van der Waals surface area (Å²) in [7, 11) is -1.89. The summed E-state index contributed by atoms with van der Waals surface area (Å²) in [6.45, 7) is 5.59.